The molecule has 1 aromatic carbocycles. The van der Waals surface area contributed by atoms with E-state index in [9.17, 15) is 0 Å². The zero-order valence-corrected chi connectivity index (χ0v) is 8.39. The molecule has 0 N–H and O–H groups in total. The molecule has 0 heteroatoms. The molecule has 13 heavy (non-hydrogen) atoms. The summed E-state index contributed by atoms with van der Waals surface area (Å²) < 4.78 is 0. The first-order valence-corrected chi connectivity index (χ1v) is 4.65. The Balaban J connectivity index is 2.48. The van der Waals surface area contributed by atoms with Gasteiger partial charge in [0, 0.05) is 6.42 Å². The Morgan fingerprint density at radius 2 is 1.77 bits per heavy atom. The number of hydrogen-bond acceptors (Lipinski definition) is 0. The molecular formula is C13H14. The molecule has 0 aromatic heterocycles. The minimum atomic E-state index is 0.222. The zero-order valence-electron chi connectivity index (χ0n) is 8.39. The summed E-state index contributed by atoms with van der Waals surface area (Å²) in [4.78, 5) is 0. The first-order valence-electron chi connectivity index (χ1n) is 4.65. The van der Waals surface area contributed by atoms with Crippen molar-refractivity contribution in [3.8, 4) is 0 Å². The van der Waals surface area contributed by atoms with Crippen molar-refractivity contribution in [2.24, 2.45) is 5.41 Å². The molecule has 0 unspecified atom stereocenters. The van der Waals surface area contributed by atoms with Gasteiger partial charge in [-0.1, -0.05) is 51.1 Å². The van der Waals surface area contributed by atoms with Crippen LogP contribution < -0.4 is 0 Å². The lowest BCUT2D eigenvalue weighted by Gasteiger charge is -2.21. The molecule has 66 valence electrons. The predicted octanol–water partition coefficient (Wildman–Crippen LogP) is 3.56. The van der Waals surface area contributed by atoms with E-state index in [2.05, 4.69) is 57.5 Å². The van der Waals surface area contributed by atoms with E-state index < -0.39 is 0 Å². The average molecular weight is 170 g/mol. The van der Waals surface area contributed by atoms with E-state index in [0.29, 0.717) is 0 Å². The Morgan fingerprint density at radius 3 is 2.46 bits per heavy atom. The summed E-state index contributed by atoms with van der Waals surface area (Å²) in [7, 11) is 0. The van der Waals surface area contributed by atoms with Gasteiger partial charge in [0.1, 0.15) is 0 Å². The third kappa shape index (κ3) is 1.41. The van der Waals surface area contributed by atoms with Crippen molar-refractivity contribution in [1.82, 2.24) is 0 Å². The molecule has 0 fully saturated rings. The van der Waals surface area contributed by atoms with E-state index >= 15 is 0 Å². The number of hydrogen-bond donors (Lipinski definition) is 0. The van der Waals surface area contributed by atoms with Crippen LogP contribution in [0.2, 0.25) is 0 Å². The molecule has 1 aliphatic rings. The summed E-state index contributed by atoms with van der Waals surface area (Å²) in [5.41, 5.74) is 4.19. The summed E-state index contributed by atoms with van der Waals surface area (Å²) in [6.07, 6.45) is 5.41. The lowest BCUT2D eigenvalue weighted by molar-refractivity contribution is 0.568. The number of benzene rings is 1. The van der Waals surface area contributed by atoms with Gasteiger partial charge in [-0.15, -0.1) is 0 Å². The Kier molecular flexibility index (Phi) is 1.80. The molecule has 1 aliphatic carbocycles. The molecule has 0 saturated heterocycles. The molecule has 0 saturated carbocycles. The minimum Gasteiger partial charge on any atom is -0.0671 e. The second kappa shape index (κ2) is 2.73. The maximum Gasteiger partial charge on any atom is 0.0432 e. The Hall–Kier alpha value is -1.04. The van der Waals surface area contributed by atoms with E-state index in [4.69, 9.17) is 0 Å². The quantitative estimate of drug-likeness (QED) is 0.558. The molecule has 2 rings (SSSR count). The summed E-state index contributed by atoms with van der Waals surface area (Å²) in [5, 5.41) is 0. The van der Waals surface area contributed by atoms with Crippen LogP contribution >= 0.6 is 0 Å². The highest BCUT2D eigenvalue weighted by atomic mass is 14.3. The molecule has 0 nitrogen and oxygen atoms in total. The topological polar surface area (TPSA) is 0 Å². The van der Waals surface area contributed by atoms with Crippen molar-refractivity contribution in [3.63, 3.8) is 0 Å². The Labute approximate surface area is 80.3 Å². The van der Waals surface area contributed by atoms with Crippen LogP contribution in [0.15, 0.2) is 30.3 Å². The highest BCUT2D eigenvalue weighted by molar-refractivity contribution is 5.79. The SMILES string of the molecule is CC(C)(C)C1=C[C]c2ccccc21. The van der Waals surface area contributed by atoms with Gasteiger partial charge in [-0.3, -0.25) is 0 Å². The third-order valence-corrected chi connectivity index (χ3v) is 2.40. The average Bonchev–Trinajstić information content (AvgIpc) is 2.45. The summed E-state index contributed by atoms with van der Waals surface area (Å²) in [6, 6.07) is 8.44. The fourth-order valence-corrected chi connectivity index (χ4v) is 1.69. The largest absolute Gasteiger partial charge is 0.0671 e. The van der Waals surface area contributed by atoms with E-state index in [1.807, 2.05) is 0 Å². The molecule has 0 atom stereocenters. The predicted molar refractivity (Wildman–Crippen MR) is 56.2 cm³/mol. The lowest BCUT2D eigenvalue weighted by Crippen LogP contribution is -2.06. The van der Waals surface area contributed by atoms with Gasteiger partial charge in [-0.05, 0) is 22.1 Å². The lowest BCUT2D eigenvalue weighted by atomic mass is 9.83. The van der Waals surface area contributed by atoms with Gasteiger partial charge in [0.05, 0.1) is 0 Å². The molecule has 0 heterocycles. The van der Waals surface area contributed by atoms with Crippen LogP contribution in [0.25, 0.3) is 5.57 Å². The Bertz CT molecular complexity index is 351. The first kappa shape index (κ1) is 8.55. The number of allylic oxidation sites excluding steroid dienone is 2. The maximum absolute atomic E-state index is 3.29. The van der Waals surface area contributed by atoms with Crippen LogP contribution in [-0.4, -0.2) is 0 Å². The van der Waals surface area contributed by atoms with E-state index in [-0.39, 0.29) is 5.41 Å². The minimum absolute atomic E-state index is 0.222. The normalized spacial score (nSPS) is 15.5. The van der Waals surface area contributed by atoms with Crippen molar-refractivity contribution in [2.75, 3.05) is 0 Å². The van der Waals surface area contributed by atoms with Gasteiger partial charge in [-0.25, -0.2) is 0 Å². The van der Waals surface area contributed by atoms with Crippen LogP contribution in [0.1, 0.15) is 31.9 Å². The van der Waals surface area contributed by atoms with Crippen molar-refractivity contribution in [1.29, 1.82) is 0 Å². The first-order chi connectivity index (χ1) is 6.09. The summed E-state index contributed by atoms with van der Waals surface area (Å²) in [6.45, 7) is 6.72. The molecule has 0 amide bonds. The summed E-state index contributed by atoms with van der Waals surface area (Å²) in [5.74, 6) is 0. The third-order valence-electron chi connectivity index (χ3n) is 2.40. The van der Waals surface area contributed by atoms with Gasteiger partial charge in [0.2, 0.25) is 0 Å². The molecule has 1 aromatic rings. The van der Waals surface area contributed by atoms with Gasteiger partial charge in [0.25, 0.3) is 0 Å². The molecule has 0 spiro atoms. The summed E-state index contributed by atoms with van der Waals surface area (Å²) >= 11 is 0. The van der Waals surface area contributed by atoms with Gasteiger partial charge < -0.3 is 0 Å². The standard InChI is InChI=1S/C13H14/c1-13(2,3)12-9-8-10-6-4-5-7-11(10)12/h4-7,9H,1-3H3. The fraction of sp³-hybridized carbons (Fsp3) is 0.308. The van der Waals surface area contributed by atoms with E-state index in [1.54, 1.807) is 0 Å². The van der Waals surface area contributed by atoms with Crippen LogP contribution in [0.3, 0.4) is 0 Å². The molecule has 0 bridgehead atoms. The monoisotopic (exact) mass is 170 g/mol. The molecule has 2 radical (unpaired) electrons. The second-order valence-corrected chi connectivity index (χ2v) is 4.50. The van der Waals surface area contributed by atoms with Crippen LogP contribution in [0.4, 0.5) is 0 Å². The van der Waals surface area contributed by atoms with Crippen LogP contribution in [-0.2, 0) is 0 Å². The van der Waals surface area contributed by atoms with Crippen molar-refractivity contribution >= 4 is 5.57 Å². The van der Waals surface area contributed by atoms with Crippen LogP contribution in [0, 0.1) is 11.8 Å². The highest BCUT2D eigenvalue weighted by Gasteiger charge is 2.24. The smallest absolute Gasteiger partial charge is 0.0432 e. The van der Waals surface area contributed by atoms with Gasteiger partial charge in [0.15, 0.2) is 0 Å². The Morgan fingerprint density at radius 1 is 1.08 bits per heavy atom. The van der Waals surface area contributed by atoms with Crippen molar-refractivity contribution < 1.29 is 0 Å². The van der Waals surface area contributed by atoms with E-state index in [1.165, 1.54) is 16.7 Å². The highest BCUT2D eigenvalue weighted by Crippen LogP contribution is 2.40. The zero-order chi connectivity index (χ0) is 9.47. The van der Waals surface area contributed by atoms with Crippen molar-refractivity contribution in [2.45, 2.75) is 20.8 Å². The van der Waals surface area contributed by atoms with E-state index in [0.717, 1.165) is 0 Å². The molecule has 0 aliphatic heterocycles. The molecular weight excluding hydrogens is 156 g/mol. The fourth-order valence-electron chi connectivity index (χ4n) is 1.69. The van der Waals surface area contributed by atoms with Gasteiger partial charge in [-0.2, -0.15) is 0 Å². The van der Waals surface area contributed by atoms with Crippen LogP contribution in [0.5, 0.6) is 0 Å². The number of fused-ring (bicyclic) bond motifs is 1. The van der Waals surface area contributed by atoms with Crippen molar-refractivity contribution in [3.05, 3.63) is 47.9 Å². The second-order valence-electron chi connectivity index (χ2n) is 4.50. The number of rotatable bonds is 0. The van der Waals surface area contributed by atoms with Gasteiger partial charge >= 0.3 is 0 Å². The maximum atomic E-state index is 3.29.